The first-order valence-corrected chi connectivity index (χ1v) is 5.83. The van der Waals surface area contributed by atoms with Gasteiger partial charge in [-0.25, -0.2) is 0 Å². The zero-order valence-corrected chi connectivity index (χ0v) is 10.2. The van der Waals surface area contributed by atoms with Gasteiger partial charge in [0.05, 0.1) is 11.1 Å². The molecule has 5 heteroatoms. The van der Waals surface area contributed by atoms with E-state index in [0.29, 0.717) is 12.5 Å². The van der Waals surface area contributed by atoms with Gasteiger partial charge >= 0.3 is 6.18 Å². The lowest BCUT2D eigenvalue weighted by molar-refractivity contribution is -0.136. The molecule has 19 heavy (non-hydrogen) atoms. The first-order chi connectivity index (χ1) is 8.95. The van der Waals surface area contributed by atoms with E-state index in [1.165, 1.54) is 29.0 Å². The van der Waals surface area contributed by atoms with Gasteiger partial charge in [-0.2, -0.15) is 13.2 Å². The number of pyridine rings is 1. The number of hydrogen-bond acceptors (Lipinski definition) is 1. The number of fused-ring (bicyclic) bond motifs is 1. The molecule has 0 N–H and O–H groups in total. The summed E-state index contributed by atoms with van der Waals surface area (Å²) in [5, 5.41) is 0.0235. The molecule has 0 amide bonds. The Morgan fingerprint density at radius 3 is 2.58 bits per heavy atom. The van der Waals surface area contributed by atoms with Crippen LogP contribution in [0.3, 0.4) is 0 Å². The normalized spacial score (nSPS) is 12.4. The maximum absolute atomic E-state index is 12.9. The highest BCUT2D eigenvalue weighted by Crippen LogP contribution is 2.33. The van der Waals surface area contributed by atoms with Gasteiger partial charge in [0.2, 0.25) is 0 Å². The average molecular weight is 267 g/mol. The highest BCUT2D eigenvalue weighted by molar-refractivity contribution is 5.84. The van der Waals surface area contributed by atoms with E-state index in [-0.39, 0.29) is 10.9 Å². The van der Waals surface area contributed by atoms with Crippen LogP contribution in [0.2, 0.25) is 0 Å². The molecule has 0 saturated heterocycles. The molecule has 0 aliphatic carbocycles. The van der Waals surface area contributed by atoms with Gasteiger partial charge in [-0.1, -0.05) is 31.2 Å². The van der Waals surface area contributed by atoms with Gasteiger partial charge in [0.1, 0.15) is 0 Å². The second kappa shape index (κ2) is 4.91. The van der Waals surface area contributed by atoms with Crippen molar-refractivity contribution in [2.45, 2.75) is 19.5 Å². The molecule has 1 heterocycles. The van der Waals surface area contributed by atoms with E-state index < -0.39 is 17.3 Å². The molecular formula is C14H12F3NO. The summed E-state index contributed by atoms with van der Waals surface area (Å²) in [6.45, 7) is 1.88. The van der Waals surface area contributed by atoms with E-state index >= 15 is 0 Å². The zero-order valence-electron chi connectivity index (χ0n) is 10.2. The average Bonchev–Trinajstić information content (AvgIpc) is 2.36. The van der Waals surface area contributed by atoms with Crippen molar-refractivity contribution in [2.75, 3.05) is 0 Å². The van der Waals surface area contributed by atoms with E-state index in [2.05, 4.69) is 0 Å². The maximum Gasteiger partial charge on any atom is 0.417 e. The molecule has 0 atom stereocenters. The van der Waals surface area contributed by atoms with Crippen LogP contribution in [0.4, 0.5) is 13.2 Å². The standard InChI is InChI=1S/C14H12F3NO/c1-2-3-8-18-12-7-5-4-6-10(12)11(9-13(18)19)14(15,16)17/h3-9H,2H2,1H3. The lowest BCUT2D eigenvalue weighted by Crippen LogP contribution is -2.19. The Labute approximate surface area is 107 Å². The van der Waals surface area contributed by atoms with E-state index in [4.69, 9.17) is 0 Å². The van der Waals surface area contributed by atoms with Crippen molar-refractivity contribution in [1.29, 1.82) is 0 Å². The number of halogens is 3. The highest BCUT2D eigenvalue weighted by Gasteiger charge is 2.33. The summed E-state index contributed by atoms with van der Waals surface area (Å²) < 4.78 is 40.0. The highest BCUT2D eigenvalue weighted by atomic mass is 19.4. The van der Waals surface area contributed by atoms with E-state index in [0.717, 1.165) is 0 Å². The van der Waals surface area contributed by atoms with Crippen LogP contribution in [0, 0.1) is 0 Å². The van der Waals surface area contributed by atoms with Crippen LogP contribution in [0.15, 0.2) is 41.2 Å². The van der Waals surface area contributed by atoms with E-state index in [1.807, 2.05) is 6.92 Å². The van der Waals surface area contributed by atoms with Crippen molar-refractivity contribution in [3.8, 4) is 0 Å². The lowest BCUT2D eigenvalue weighted by atomic mass is 10.1. The summed E-state index contributed by atoms with van der Waals surface area (Å²) in [4.78, 5) is 11.8. The molecule has 0 bridgehead atoms. The number of hydrogen-bond donors (Lipinski definition) is 0. The van der Waals surface area contributed by atoms with Crippen molar-refractivity contribution in [3.63, 3.8) is 0 Å². The lowest BCUT2D eigenvalue weighted by Gasteiger charge is -2.12. The van der Waals surface area contributed by atoms with Crippen LogP contribution in [0.25, 0.3) is 17.1 Å². The summed E-state index contributed by atoms with van der Waals surface area (Å²) >= 11 is 0. The SMILES string of the molecule is CCC=Cn1c(=O)cc(C(F)(F)F)c2ccccc21. The Balaban J connectivity index is 2.85. The Morgan fingerprint density at radius 1 is 1.26 bits per heavy atom. The van der Waals surface area contributed by atoms with Crippen molar-refractivity contribution in [1.82, 2.24) is 4.57 Å². The molecular weight excluding hydrogens is 255 g/mol. The van der Waals surface area contributed by atoms with Crippen LogP contribution in [0.5, 0.6) is 0 Å². The van der Waals surface area contributed by atoms with Crippen molar-refractivity contribution in [2.24, 2.45) is 0 Å². The minimum absolute atomic E-state index is 0.0235. The first kappa shape index (κ1) is 13.4. The maximum atomic E-state index is 12.9. The van der Waals surface area contributed by atoms with Crippen molar-refractivity contribution < 1.29 is 13.2 Å². The second-order valence-corrected chi connectivity index (χ2v) is 4.07. The minimum Gasteiger partial charge on any atom is -0.284 e. The molecule has 0 saturated carbocycles. The molecule has 2 rings (SSSR count). The third-order valence-corrected chi connectivity index (χ3v) is 2.75. The zero-order chi connectivity index (χ0) is 14.0. The summed E-state index contributed by atoms with van der Waals surface area (Å²) in [5.74, 6) is 0. The number of para-hydroxylation sites is 1. The van der Waals surface area contributed by atoms with Gasteiger partial charge in [0.15, 0.2) is 0 Å². The van der Waals surface area contributed by atoms with Gasteiger partial charge in [-0.15, -0.1) is 0 Å². The molecule has 100 valence electrons. The Bertz CT molecular complexity index is 683. The van der Waals surface area contributed by atoms with Gasteiger partial charge in [0.25, 0.3) is 5.56 Å². The first-order valence-electron chi connectivity index (χ1n) is 5.83. The minimum atomic E-state index is -4.54. The molecule has 0 aliphatic heterocycles. The van der Waals surface area contributed by atoms with Crippen LogP contribution < -0.4 is 5.56 Å². The Hall–Kier alpha value is -2.04. The molecule has 0 aliphatic rings. The van der Waals surface area contributed by atoms with Crippen LogP contribution in [-0.4, -0.2) is 4.57 Å². The number of benzene rings is 1. The largest absolute Gasteiger partial charge is 0.417 e. The number of rotatable bonds is 2. The third kappa shape index (κ3) is 2.54. The summed E-state index contributed by atoms with van der Waals surface area (Å²) in [6.07, 6.45) is -0.611. The second-order valence-electron chi connectivity index (χ2n) is 4.07. The Morgan fingerprint density at radius 2 is 1.95 bits per heavy atom. The van der Waals surface area contributed by atoms with Crippen LogP contribution in [0.1, 0.15) is 18.9 Å². The Kier molecular flexibility index (Phi) is 3.46. The molecule has 0 radical (unpaired) electrons. The number of alkyl halides is 3. The summed E-state index contributed by atoms with van der Waals surface area (Å²) in [7, 11) is 0. The summed E-state index contributed by atoms with van der Waals surface area (Å²) in [5.41, 5.74) is -1.32. The molecule has 0 fully saturated rings. The summed E-state index contributed by atoms with van der Waals surface area (Å²) in [6, 6.07) is 6.65. The molecule has 1 aromatic heterocycles. The fourth-order valence-corrected chi connectivity index (χ4v) is 1.90. The van der Waals surface area contributed by atoms with Gasteiger partial charge < -0.3 is 0 Å². The van der Waals surface area contributed by atoms with Crippen LogP contribution >= 0.6 is 0 Å². The molecule has 0 spiro atoms. The molecule has 2 aromatic rings. The van der Waals surface area contributed by atoms with E-state index in [9.17, 15) is 18.0 Å². The molecule has 1 aromatic carbocycles. The smallest absolute Gasteiger partial charge is 0.284 e. The van der Waals surface area contributed by atoms with Crippen molar-refractivity contribution in [3.05, 3.63) is 52.3 Å². The topological polar surface area (TPSA) is 22.0 Å². The quantitative estimate of drug-likeness (QED) is 0.808. The number of allylic oxidation sites excluding steroid dienone is 1. The predicted octanol–water partition coefficient (Wildman–Crippen LogP) is 3.90. The third-order valence-electron chi connectivity index (χ3n) is 2.75. The van der Waals surface area contributed by atoms with Gasteiger partial charge in [0, 0.05) is 17.7 Å². The van der Waals surface area contributed by atoms with Crippen LogP contribution in [-0.2, 0) is 6.18 Å². The predicted molar refractivity (Wildman–Crippen MR) is 68.8 cm³/mol. The van der Waals surface area contributed by atoms with Gasteiger partial charge in [-0.05, 0) is 12.5 Å². The number of aromatic nitrogens is 1. The van der Waals surface area contributed by atoms with Crippen molar-refractivity contribution >= 4 is 17.1 Å². The molecule has 2 nitrogen and oxygen atoms in total. The fraction of sp³-hybridized carbons (Fsp3) is 0.214. The number of nitrogens with zero attached hydrogens (tertiary/aromatic N) is 1. The molecule has 0 unspecified atom stereocenters. The fourth-order valence-electron chi connectivity index (χ4n) is 1.90. The van der Waals surface area contributed by atoms with Gasteiger partial charge in [-0.3, -0.25) is 9.36 Å². The monoisotopic (exact) mass is 267 g/mol. The van der Waals surface area contributed by atoms with E-state index in [1.54, 1.807) is 12.1 Å².